The van der Waals surface area contributed by atoms with E-state index in [-0.39, 0.29) is 6.61 Å². The Hall–Kier alpha value is -3.19. The minimum absolute atomic E-state index is 0.00116. The average Bonchev–Trinajstić information content (AvgIpc) is 2.69. The third-order valence-corrected chi connectivity index (χ3v) is 3.49. The fraction of sp³-hybridized carbons (Fsp3) is 0.211. The SMILES string of the molecule is CCOc1ccc(Nc2cc(-c3ccccn3)nc(NCCO)n2)cc1. The van der Waals surface area contributed by atoms with E-state index in [9.17, 15) is 0 Å². The number of hydrogen-bond donors (Lipinski definition) is 3. The number of benzene rings is 1. The number of aliphatic hydroxyl groups excluding tert-OH is 1. The van der Waals surface area contributed by atoms with E-state index < -0.39 is 0 Å². The summed E-state index contributed by atoms with van der Waals surface area (Å²) in [5.41, 5.74) is 2.32. The van der Waals surface area contributed by atoms with Gasteiger partial charge in [-0.1, -0.05) is 6.07 Å². The van der Waals surface area contributed by atoms with Crippen molar-refractivity contribution in [1.29, 1.82) is 0 Å². The predicted molar refractivity (Wildman–Crippen MR) is 102 cm³/mol. The standard InChI is InChI=1S/C19H21N5O2/c1-2-26-15-8-6-14(7-9-15)22-18-13-17(16-5-3-4-10-20-16)23-19(24-18)21-11-12-25/h3-10,13,25H,2,11-12H2,1H3,(H2,21,22,23,24). The number of anilines is 3. The van der Waals surface area contributed by atoms with Crippen molar-refractivity contribution in [2.24, 2.45) is 0 Å². The van der Waals surface area contributed by atoms with Gasteiger partial charge in [0.25, 0.3) is 0 Å². The Labute approximate surface area is 152 Å². The maximum absolute atomic E-state index is 9.03. The minimum Gasteiger partial charge on any atom is -0.494 e. The summed E-state index contributed by atoms with van der Waals surface area (Å²) in [6.07, 6.45) is 1.72. The highest BCUT2D eigenvalue weighted by Gasteiger charge is 2.08. The van der Waals surface area contributed by atoms with Gasteiger partial charge in [-0.05, 0) is 43.3 Å². The van der Waals surface area contributed by atoms with E-state index in [1.54, 1.807) is 6.20 Å². The summed E-state index contributed by atoms with van der Waals surface area (Å²) in [5.74, 6) is 1.88. The van der Waals surface area contributed by atoms with Crippen molar-refractivity contribution in [2.45, 2.75) is 6.92 Å². The van der Waals surface area contributed by atoms with Crippen LogP contribution < -0.4 is 15.4 Å². The first-order chi connectivity index (χ1) is 12.8. The van der Waals surface area contributed by atoms with Gasteiger partial charge in [-0.2, -0.15) is 4.98 Å². The van der Waals surface area contributed by atoms with E-state index in [1.807, 2.05) is 55.5 Å². The Morgan fingerprint density at radius 2 is 1.88 bits per heavy atom. The molecule has 1 aromatic carbocycles. The van der Waals surface area contributed by atoms with Crippen LogP contribution in [0.3, 0.4) is 0 Å². The van der Waals surface area contributed by atoms with Crippen LogP contribution in [0.2, 0.25) is 0 Å². The molecule has 0 amide bonds. The summed E-state index contributed by atoms with van der Waals surface area (Å²) >= 11 is 0. The molecule has 0 aliphatic heterocycles. The van der Waals surface area contributed by atoms with E-state index in [0.29, 0.717) is 30.6 Å². The summed E-state index contributed by atoms with van der Waals surface area (Å²) < 4.78 is 5.46. The quantitative estimate of drug-likeness (QED) is 0.574. The molecule has 0 spiro atoms. The Balaban J connectivity index is 1.87. The van der Waals surface area contributed by atoms with Gasteiger partial charge in [-0.3, -0.25) is 4.98 Å². The fourth-order valence-corrected chi connectivity index (χ4v) is 2.35. The number of nitrogens with zero attached hydrogens (tertiary/aromatic N) is 3. The largest absolute Gasteiger partial charge is 0.494 e. The number of rotatable bonds is 8. The molecule has 3 aromatic rings. The summed E-state index contributed by atoms with van der Waals surface area (Å²) in [5, 5.41) is 15.3. The third kappa shape index (κ3) is 4.67. The molecule has 2 aromatic heterocycles. The number of pyridine rings is 1. The van der Waals surface area contributed by atoms with Crippen molar-refractivity contribution < 1.29 is 9.84 Å². The van der Waals surface area contributed by atoms with Gasteiger partial charge in [0, 0.05) is 24.5 Å². The smallest absolute Gasteiger partial charge is 0.225 e. The van der Waals surface area contributed by atoms with Crippen LogP contribution in [0.1, 0.15) is 6.92 Å². The molecule has 0 aliphatic rings. The van der Waals surface area contributed by atoms with E-state index in [2.05, 4.69) is 25.6 Å². The van der Waals surface area contributed by atoms with E-state index in [4.69, 9.17) is 9.84 Å². The molecule has 0 fully saturated rings. The lowest BCUT2D eigenvalue weighted by molar-refractivity contribution is 0.311. The van der Waals surface area contributed by atoms with Crippen molar-refractivity contribution in [1.82, 2.24) is 15.0 Å². The van der Waals surface area contributed by atoms with Crippen molar-refractivity contribution in [3.8, 4) is 17.1 Å². The van der Waals surface area contributed by atoms with Gasteiger partial charge in [0.15, 0.2) is 0 Å². The molecular weight excluding hydrogens is 330 g/mol. The van der Waals surface area contributed by atoms with Crippen LogP contribution in [0, 0.1) is 0 Å². The Bertz CT molecular complexity index is 825. The van der Waals surface area contributed by atoms with E-state index >= 15 is 0 Å². The first kappa shape index (κ1) is 17.6. The maximum atomic E-state index is 9.03. The second kappa shape index (κ2) is 8.77. The first-order valence-corrected chi connectivity index (χ1v) is 8.43. The molecule has 26 heavy (non-hydrogen) atoms. The summed E-state index contributed by atoms with van der Waals surface area (Å²) in [6.45, 7) is 2.95. The zero-order valence-electron chi connectivity index (χ0n) is 14.5. The van der Waals surface area contributed by atoms with Gasteiger partial charge in [-0.25, -0.2) is 4.98 Å². The lowest BCUT2D eigenvalue weighted by atomic mass is 10.2. The van der Waals surface area contributed by atoms with Crippen molar-refractivity contribution >= 4 is 17.5 Å². The van der Waals surface area contributed by atoms with Gasteiger partial charge in [0.05, 0.1) is 24.6 Å². The number of nitrogens with one attached hydrogen (secondary N) is 2. The fourth-order valence-electron chi connectivity index (χ4n) is 2.35. The van der Waals surface area contributed by atoms with Crippen molar-refractivity contribution in [3.63, 3.8) is 0 Å². The summed E-state index contributed by atoms with van der Waals surface area (Å²) in [4.78, 5) is 13.3. The second-order valence-electron chi connectivity index (χ2n) is 5.41. The number of ether oxygens (including phenoxy) is 1. The van der Waals surface area contributed by atoms with Crippen molar-refractivity contribution in [2.75, 3.05) is 30.4 Å². The topological polar surface area (TPSA) is 92.2 Å². The van der Waals surface area contributed by atoms with Crippen LogP contribution in [0.5, 0.6) is 5.75 Å². The normalized spacial score (nSPS) is 10.4. The molecule has 0 saturated heterocycles. The van der Waals surface area contributed by atoms with Gasteiger partial charge in [0.1, 0.15) is 11.6 Å². The summed E-state index contributed by atoms with van der Waals surface area (Å²) in [7, 11) is 0. The van der Waals surface area contributed by atoms with Gasteiger partial charge in [0.2, 0.25) is 5.95 Å². The molecule has 0 saturated carbocycles. The highest BCUT2D eigenvalue weighted by molar-refractivity contribution is 5.65. The molecule has 3 N–H and O–H groups in total. The zero-order chi connectivity index (χ0) is 18.2. The Kier molecular flexibility index (Phi) is 5.95. The lowest BCUT2D eigenvalue weighted by Gasteiger charge is -2.11. The van der Waals surface area contributed by atoms with Gasteiger partial charge >= 0.3 is 0 Å². The van der Waals surface area contributed by atoms with E-state index in [0.717, 1.165) is 17.1 Å². The highest BCUT2D eigenvalue weighted by Crippen LogP contribution is 2.23. The molecule has 0 radical (unpaired) electrons. The van der Waals surface area contributed by atoms with Crippen LogP contribution in [-0.4, -0.2) is 39.8 Å². The molecule has 7 nitrogen and oxygen atoms in total. The van der Waals surface area contributed by atoms with Gasteiger partial charge < -0.3 is 20.5 Å². The molecule has 0 bridgehead atoms. The molecule has 0 aliphatic carbocycles. The monoisotopic (exact) mass is 351 g/mol. The molecule has 2 heterocycles. The molecule has 0 unspecified atom stereocenters. The molecule has 134 valence electrons. The zero-order valence-corrected chi connectivity index (χ0v) is 14.5. The maximum Gasteiger partial charge on any atom is 0.225 e. The van der Waals surface area contributed by atoms with Crippen LogP contribution in [0.15, 0.2) is 54.7 Å². The van der Waals surface area contributed by atoms with Crippen LogP contribution >= 0.6 is 0 Å². The van der Waals surface area contributed by atoms with Crippen molar-refractivity contribution in [3.05, 3.63) is 54.7 Å². The molecule has 0 atom stereocenters. The van der Waals surface area contributed by atoms with Crippen LogP contribution in [0.4, 0.5) is 17.5 Å². The van der Waals surface area contributed by atoms with Crippen LogP contribution in [0.25, 0.3) is 11.4 Å². The average molecular weight is 351 g/mol. The lowest BCUT2D eigenvalue weighted by Crippen LogP contribution is -2.10. The number of aliphatic hydroxyl groups is 1. The Morgan fingerprint density at radius 3 is 2.58 bits per heavy atom. The summed E-state index contributed by atoms with van der Waals surface area (Å²) in [6, 6.07) is 15.1. The van der Waals surface area contributed by atoms with Crippen LogP contribution in [-0.2, 0) is 0 Å². The Morgan fingerprint density at radius 1 is 1.04 bits per heavy atom. The first-order valence-electron chi connectivity index (χ1n) is 8.43. The molecule has 7 heteroatoms. The second-order valence-corrected chi connectivity index (χ2v) is 5.41. The molecular formula is C19H21N5O2. The molecule has 3 rings (SSSR count). The van der Waals surface area contributed by atoms with E-state index in [1.165, 1.54) is 0 Å². The highest BCUT2D eigenvalue weighted by atomic mass is 16.5. The number of aromatic nitrogens is 3. The predicted octanol–water partition coefficient (Wildman–Crippen LogP) is 3.09. The number of hydrogen-bond acceptors (Lipinski definition) is 7. The minimum atomic E-state index is -0.00116. The third-order valence-electron chi connectivity index (χ3n) is 3.49. The van der Waals surface area contributed by atoms with Gasteiger partial charge in [-0.15, -0.1) is 0 Å².